The Labute approximate surface area is 152 Å². The van der Waals surface area contributed by atoms with Crippen molar-refractivity contribution in [1.82, 2.24) is 9.88 Å². The van der Waals surface area contributed by atoms with Gasteiger partial charge in [-0.1, -0.05) is 6.92 Å². The van der Waals surface area contributed by atoms with Crippen LogP contribution in [0.15, 0.2) is 24.4 Å². The number of benzene rings is 1. The quantitative estimate of drug-likeness (QED) is 0.885. The van der Waals surface area contributed by atoms with Gasteiger partial charge in [0.15, 0.2) is 0 Å². The summed E-state index contributed by atoms with van der Waals surface area (Å²) in [5.74, 6) is 0.612. The molecule has 3 aliphatic heterocycles. The van der Waals surface area contributed by atoms with E-state index in [9.17, 15) is 14.3 Å². The van der Waals surface area contributed by atoms with Crippen LogP contribution >= 0.6 is 0 Å². The number of fused-ring (bicyclic) bond motifs is 1. The van der Waals surface area contributed by atoms with Crippen LogP contribution in [0.2, 0.25) is 0 Å². The molecule has 0 spiro atoms. The van der Waals surface area contributed by atoms with Crippen molar-refractivity contribution in [2.45, 2.75) is 37.7 Å². The predicted molar refractivity (Wildman–Crippen MR) is 97.4 cm³/mol. The summed E-state index contributed by atoms with van der Waals surface area (Å²) in [4.78, 5) is 18.6. The number of piperidine rings is 3. The fourth-order valence-corrected chi connectivity index (χ4v) is 6.11. The van der Waals surface area contributed by atoms with E-state index in [4.69, 9.17) is 0 Å². The lowest BCUT2D eigenvalue weighted by molar-refractivity contribution is -0.188. The van der Waals surface area contributed by atoms with E-state index < -0.39 is 5.60 Å². The Morgan fingerprint density at radius 1 is 1.46 bits per heavy atom. The highest BCUT2D eigenvalue weighted by molar-refractivity contribution is 5.87. The standard InChI is InChI=1S/C21H25FN2O2/c1-12(17-8-23-18-6-15(22)2-3-16(17)18)4-19(25)20-14-5-13-7-21(20,26)11-24(9-13)10-14/h2-3,6,8,12-14,20,23,26H,4-5,7,9-11H2,1H3. The fourth-order valence-electron chi connectivity index (χ4n) is 6.11. The number of rotatable bonds is 4. The number of Topliss-reactive ketones (excluding diaryl/α,β-unsaturated/α-hetero) is 1. The van der Waals surface area contributed by atoms with Crippen LogP contribution in [0.25, 0.3) is 10.9 Å². The Balaban J connectivity index is 1.38. The molecule has 4 heterocycles. The first-order valence-electron chi connectivity index (χ1n) is 9.67. The van der Waals surface area contributed by atoms with Crippen LogP contribution in [0.3, 0.4) is 0 Å². The Kier molecular flexibility index (Phi) is 3.57. The monoisotopic (exact) mass is 356 g/mol. The first-order chi connectivity index (χ1) is 12.4. The number of hydrogen-bond acceptors (Lipinski definition) is 3. The van der Waals surface area contributed by atoms with Gasteiger partial charge in [-0.3, -0.25) is 9.69 Å². The molecule has 0 radical (unpaired) electrons. The number of aromatic nitrogens is 1. The summed E-state index contributed by atoms with van der Waals surface area (Å²) in [5.41, 5.74) is 0.984. The van der Waals surface area contributed by atoms with Gasteiger partial charge in [0.05, 0.1) is 11.5 Å². The van der Waals surface area contributed by atoms with E-state index in [1.165, 1.54) is 12.1 Å². The molecule has 6 atom stereocenters. The molecule has 4 nitrogen and oxygen atoms in total. The molecule has 6 unspecified atom stereocenters. The normalized spacial score (nSPS) is 36.6. The van der Waals surface area contributed by atoms with Gasteiger partial charge < -0.3 is 10.1 Å². The third kappa shape index (κ3) is 2.44. The first-order valence-corrected chi connectivity index (χ1v) is 9.67. The number of nitrogens with one attached hydrogen (secondary N) is 1. The maximum atomic E-state index is 13.4. The number of carbonyl (C=O) groups is 1. The molecule has 138 valence electrons. The van der Waals surface area contributed by atoms with E-state index >= 15 is 0 Å². The summed E-state index contributed by atoms with van der Waals surface area (Å²) in [6.07, 6.45) is 4.17. The molecule has 1 aromatic carbocycles. The van der Waals surface area contributed by atoms with Crippen molar-refractivity contribution in [3.8, 4) is 0 Å². The van der Waals surface area contributed by atoms with Crippen LogP contribution in [-0.4, -0.2) is 46.0 Å². The van der Waals surface area contributed by atoms with Crippen LogP contribution in [0.4, 0.5) is 4.39 Å². The third-order valence-electron chi connectivity index (χ3n) is 6.90. The van der Waals surface area contributed by atoms with Crippen molar-refractivity contribution in [3.05, 3.63) is 35.8 Å². The van der Waals surface area contributed by atoms with E-state index in [1.807, 2.05) is 13.1 Å². The topological polar surface area (TPSA) is 56.3 Å². The lowest BCUT2D eigenvalue weighted by atomic mass is 9.57. The van der Waals surface area contributed by atoms with Gasteiger partial charge in [-0.15, -0.1) is 0 Å². The Hall–Kier alpha value is -1.72. The lowest BCUT2D eigenvalue weighted by Gasteiger charge is -2.59. The number of ketones is 1. The number of halogens is 1. The first kappa shape index (κ1) is 16.5. The molecule has 1 aromatic heterocycles. The molecule has 3 saturated heterocycles. The van der Waals surface area contributed by atoms with Gasteiger partial charge in [0.25, 0.3) is 0 Å². The Morgan fingerprint density at radius 3 is 3.08 bits per heavy atom. The third-order valence-corrected chi connectivity index (χ3v) is 6.90. The van der Waals surface area contributed by atoms with Crippen molar-refractivity contribution >= 4 is 16.7 Å². The highest BCUT2D eigenvalue weighted by Crippen LogP contribution is 2.50. The average Bonchev–Trinajstić information content (AvgIpc) is 2.95. The van der Waals surface area contributed by atoms with Crippen LogP contribution in [-0.2, 0) is 4.79 Å². The van der Waals surface area contributed by atoms with Gasteiger partial charge in [0, 0.05) is 43.2 Å². The van der Waals surface area contributed by atoms with Crippen LogP contribution < -0.4 is 0 Å². The van der Waals surface area contributed by atoms with Gasteiger partial charge in [-0.05, 0) is 54.4 Å². The number of nitrogens with zero attached hydrogens (tertiary/aromatic N) is 1. The van der Waals surface area contributed by atoms with Crippen molar-refractivity contribution in [2.24, 2.45) is 17.8 Å². The fraction of sp³-hybridized carbons (Fsp3) is 0.571. The minimum absolute atomic E-state index is 0.0443. The lowest BCUT2D eigenvalue weighted by Crippen LogP contribution is -2.68. The smallest absolute Gasteiger partial charge is 0.139 e. The molecule has 1 aliphatic carbocycles. The highest BCUT2D eigenvalue weighted by atomic mass is 19.1. The molecule has 2 aromatic rings. The maximum Gasteiger partial charge on any atom is 0.139 e. The molecule has 4 aliphatic rings. The minimum Gasteiger partial charge on any atom is -0.388 e. The molecule has 1 saturated carbocycles. The molecule has 2 N–H and O–H groups in total. The summed E-state index contributed by atoms with van der Waals surface area (Å²) < 4.78 is 13.4. The van der Waals surface area contributed by atoms with Gasteiger partial charge in [0.2, 0.25) is 0 Å². The van der Waals surface area contributed by atoms with E-state index in [0.29, 0.717) is 24.8 Å². The van der Waals surface area contributed by atoms with E-state index in [0.717, 1.165) is 42.4 Å². The summed E-state index contributed by atoms with van der Waals surface area (Å²) in [6.45, 7) is 4.74. The minimum atomic E-state index is -0.829. The van der Waals surface area contributed by atoms with Crippen LogP contribution in [0.5, 0.6) is 0 Å². The number of H-pyrrole nitrogens is 1. The van der Waals surface area contributed by atoms with E-state index in [-0.39, 0.29) is 23.4 Å². The predicted octanol–water partition coefficient (Wildman–Crippen LogP) is 3.07. The number of aliphatic hydroxyl groups is 1. The number of hydrogen-bond donors (Lipinski definition) is 2. The molecule has 4 fully saturated rings. The Morgan fingerprint density at radius 2 is 2.31 bits per heavy atom. The van der Waals surface area contributed by atoms with E-state index in [1.54, 1.807) is 6.07 Å². The van der Waals surface area contributed by atoms with Gasteiger partial charge in [-0.2, -0.15) is 0 Å². The molecule has 6 rings (SSSR count). The molecule has 0 amide bonds. The van der Waals surface area contributed by atoms with Crippen LogP contribution in [0, 0.1) is 23.6 Å². The summed E-state index contributed by atoms with van der Waals surface area (Å²) in [7, 11) is 0. The summed E-state index contributed by atoms with van der Waals surface area (Å²) in [5, 5.41) is 12.1. The Bertz CT molecular complexity index is 862. The van der Waals surface area contributed by atoms with Gasteiger partial charge in [-0.25, -0.2) is 4.39 Å². The average molecular weight is 356 g/mol. The van der Waals surface area contributed by atoms with Crippen molar-refractivity contribution in [1.29, 1.82) is 0 Å². The zero-order chi connectivity index (χ0) is 18.1. The summed E-state index contributed by atoms with van der Waals surface area (Å²) >= 11 is 0. The van der Waals surface area contributed by atoms with Crippen molar-refractivity contribution < 1.29 is 14.3 Å². The number of aromatic amines is 1. The zero-order valence-corrected chi connectivity index (χ0v) is 15.0. The van der Waals surface area contributed by atoms with Gasteiger partial charge >= 0.3 is 0 Å². The summed E-state index contributed by atoms with van der Waals surface area (Å²) in [6, 6.07) is 4.73. The molecular weight excluding hydrogens is 331 g/mol. The van der Waals surface area contributed by atoms with Crippen LogP contribution in [0.1, 0.15) is 37.7 Å². The second-order valence-corrected chi connectivity index (χ2v) is 8.85. The molecular formula is C21H25FN2O2. The van der Waals surface area contributed by atoms with Gasteiger partial charge in [0.1, 0.15) is 11.6 Å². The highest BCUT2D eigenvalue weighted by Gasteiger charge is 2.58. The SMILES string of the molecule is CC(CC(=O)C1C2CC3CN(C2)CC1(O)C3)c1c[nH]c2cc(F)ccc12. The maximum absolute atomic E-state index is 13.4. The molecule has 4 bridgehead atoms. The zero-order valence-electron chi connectivity index (χ0n) is 15.0. The largest absolute Gasteiger partial charge is 0.388 e. The second kappa shape index (κ2) is 5.64. The second-order valence-electron chi connectivity index (χ2n) is 8.85. The van der Waals surface area contributed by atoms with Crippen molar-refractivity contribution in [3.63, 3.8) is 0 Å². The van der Waals surface area contributed by atoms with E-state index in [2.05, 4.69) is 9.88 Å². The molecule has 5 heteroatoms. The molecule has 26 heavy (non-hydrogen) atoms. The van der Waals surface area contributed by atoms with Crippen molar-refractivity contribution in [2.75, 3.05) is 19.6 Å². The number of carbonyl (C=O) groups excluding carboxylic acids is 1.